The lowest BCUT2D eigenvalue weighted by Gasteiger charge is -2.32. The molecular formula is C27H25ClO2. The van der Waals surface area contributed by atoms with E-state index in [0.29, 0.717) is 5.02 Å². The van der Waals surface area contributed by atoms with E-state index in [1.165, 1.54) is 33.9 Å². The SMILES string of the molecule is CC1(C)CC=C(c2ccccc2)c2cc(CCc3ccc(C(=O)O)cc3Cl)ccc21. The van der Waals surface area contributed by atoms with Gasteiger partial charge in [-0.05, 0) is 70.2 Å². The van der Waals surface area contributed by atoms with Gasteiger partial charge in [-0.1, -0.05) is 86.1 Å². The number of carboxylic acid groups (broad SMARTS) is 1. The second-order valence-corrected chi connectivity index (χ2v) is 8.97. The Labute approximate surface area is 182 Å². The zero-order valence-corrected chi connectivity index (χ0v) is 18.0. The number of hydrogen-bond donors (Lipinski definition) is 1. The predicted molar refractivity (Wildman–Crippen MR) is 123 cm³/mol. The normalized spacial score (nSPS) is 14.7. The summed E-state index contributed by atoms with van der Waals surface area (Å²) in [5.74, 6) is -0.957. The van der Waals surface area contributed by atoms with Crippen molar-refractivity contribution >= 4 is 23.1 Å². The van der Waals surface area contributed by atoms with Gasteiger partial charge in [-0.3, -0.25) is 0 Å². The second kappa shape index (κ2) is 8.12. The van der Waals surface area contributed by atoms with Crippen LogP contribution in [0, 0.1) is 0 Å². The van der Waals surface area contributed by atoms with Crippen LogP contribution in [0.1, 0.15) is 58.4 Å². The molecule has 0 atom stereocenters. The summed E-state index contributed by atoms with van der Waals surface area (Å²) in [7, 11) is 0. The second-order valence-electron chi connectivity index (χ2n) is 8.56. The smallest absolute Gasteiger partial charge is 0.335 e. The molecule has 1 aliphatic carbocycles. The molecule has 30 heavy (non-hydrogen) atoms. The number of hydrogen-bond acceptors (Lipinski definition) is 1. The molecule has 0 aromatic heterocycles. The van der Waals surface area contributed by atoms with Crippen molar-refractivity contribution in [3.8, 4) is 0 Å². The van der Waals surface area contributed by atoms with Crippen LogP contribution in [0.5, 0.6) is 0 Å². The number of allylic oxidation sites excluding steroid dienone is 1. The highest BCUT2D eigenvalue weighted by molar-refractivity contribution is 6.31. The van der Waals surface area contributed by atoms with E-state index in [-0.39, 0.29) is 11.0 Å². The highest BCUT2D eigenvalue weighted by atomic mass is 35.5. The van der Waals surface area contributed by atoms with Crippen molar-refractivity contribution in [2.45, 2.75) is 38.5 Å². The molecule has 0 aliphatic heterocycles. The van der Waals surface area contributed by atoms with Gasteiger partial charge in [0.15, 0.2) is 0 Å². The lowest BCUT2D eigenvalue weighted by atomic mass is 9.71. The largest absolute Gasteiger partial charge is 0.478 e. The number of carbonyl (C=O) groups is 1. The molecule has 0 saturated carbocycles. The van der Waals surface area contributed by atoms with E-state index in [9.17, 15) is 4.79 Å². The molecule has 0 unspecified atom stereocenters. The van der Waals surface area contributed by atoms with E-state index < -0.39 is 5.97 Å². The number of aromatic carboxylic acids is 1. The quantitative estimate of drug-likeness (QED) is 0.489. The third-order valence-corrected chi connectivity index (χ3v) is 6.34. The summed E-state index contributed by atoms with van der Waals surface area (Å²) in [5, 5.41) is 9.63. The molecule has 0 amide bonds. The number of halogens is 1. The summed E-state index contributed by atoms with van der Waals surface area (Å²) >= 11 is 6.32. The first-order valence-electron chi connectivity index (χ1n) is 10.3. The third kappa shape index (κ3) is 4.06. The molecule has 4 rings (SSSR count). The summed E-state index contributed by atoms with van der Waals surface area (Å²) in [6.45, 7) is 4.60. The molecule has 3 aromatic rings. The maximum Gasteiger partial charge on any atom is 0.335 e. The zero-order chi connectivity index (χ0) is 21.3. The van der Waals surface area contributed by atoms with Gasteiger partial charge in [0, 0.05) is 5.02 Å². The van der Waals surface area contributed by atoms with Crippen molar-refractivity contribution in [2.24, 2.45) is 0 Å². The molecule has 0 radical (unpaired) electrons. The molecule has 0 fully saturated rings. The van der Waals surface area contributed by atoms with Crippen LogP contribution in [0.4, 0.5) is 0 Å². The first-order chi connectivity index (χ1) is 14.3. The molecule has 1 N–H and O–H groups in total. The van der Waals surface area contributed by atoms with Crippen LogP contribution in [0.2, 0.25) is 5.02 Å². The van der Waals surface area contributed by atoms with E-state index >= 15 is 0 Å². The van der Waals surface area contributed by atoms with E-state index in [0.717, 1.165) is 24.8 Å². The summed E-state index contributed by atoms with van der Waals surface area (Å²) in [6, 6.07) is 22.3. The average molecular weight is 417 g/mol. The molecule has 0 bridgehead atoms. The van der Waals surface area contributed by atoms with Crippen molar-refractivity contribution in [3.05, 3.63) is 111 Å². The summed E-state index contributed by atoms with van der Waals surface area (Å²) in [5.41, 5.74) is 7.80. The Hall–Kier alpha value is -2.84. The Kier molecular flexibility index (Phi) is 5.53. The fourth-order valence-corrected chi connectivity index (χ4v) is 4.47. The molecule has 0 saturated heterocycles. The van der Waals surface area contributed by atoms with Crippen molar-refractivity contribution in [1.82, 2.24) is 0 Å². The van der Waals surface area contributed by atoms with Gasteiger partial charge >= 0.3 is 5.97 Å². The Morgan fingerprint density at radius 3 is 2.47 bits per heavy atom. The molecule has 0 heterocycles. The van der Waals surface area contributed by atoms with Crippen LogP contribution < -0.4 is 0 Å². The van der Waals surface area contributed by atoms with Gasteiger partial charge in [-0.25, -0.2) is 4.79 Å². The van der Waals surface area contributed by atoms with Crippen LogP contribution in [0.25, 0.3) is 5.57 Å². The third-order valence-electron chi connectivity index (χ3n) is 5.99. The van der Waals surface area contributed by atoms with E-state index in [1.54, 1.807) is 6.07 Å². The van der Waals surface area contributed by atoms with Crippen LogP contribution in [-0.2, 0) is 18.3 Å². The molecule has 3 aromatic carbocycles. The van der Waals surface area contributed by atoms with Gasteiger partial charge in [-0.2, -0.15) is 0 Å². The monoisotopic (exact) mass is 416 g/mol. The molecule has 152 valence electrons. The Morgan fingerprint density at radius 2 is 1.77 bits per heavy atom. The standard InChI is InChI=1S/C27H25ClO2/c1-27(2)15-14-22(19-6-4-3-5-7-19)23-16-18(9-13-24(23)27)8-10-20-11-12-21(26(29)30)17-25(20)28/h3-7,9,11-14,16-17H,8,10,15H2,1-2H3,(H,29,30). The summed E-state index contributed by atoms with van der Waals surface area (Å²) < 4.78 is 0. The highest BCUT2D eigenvalue weighted by Crippen LogP contribution is 2.41. The maximum absolute atomic E-state index is 11.1. The summed E-state index contributed by atoms with van der Waals surface area (Å²) in [6.07, 6.45) is 5.01. The number of fused-ring (bicyclic) bond motifs is 1. The highest BCUT2D eigenvalue weighted by Gasteiger charge is 2.28. The number of carboxylic acids is 1. The minimum absolute atomic E-state index is 0.113. The lowest BCUT2D eigenvalue weighted by Crippen LogP contribution is -2.22. The average Bonchev–Trinajstić information content (AvgIpc) is 2.73. The fraction of sp³-hybridized carbons (Fsp3) is 0.222. The minimum atomic E-state index is -0.957. The first kappa shape index (κ1) is 20.4. The molecule has 0 spiro atoms. The van der Waals surface area contributed by atoms with Crippen LogP contribution >= 0.6 is 11.6 Å². The van der Waals surface area contributed by atoms with Gasteiger partial charge in [0.2, 0.25) is 0 Å². The predicted octanol–water partition coefficient (Wildman–Crippen LogP) is 6.94. The number of aryl methyl sites for hydroxylation is 2. The molecule has 2 nitrogen and oxygen atoms in total. The Morgan fingerprint density at radius 1 is 1.00 bits per heavy atom. The van der Waals surface area contributed by atoms with E-state index in [2.05, 4.69) is 62.4 Å². The zero-order valence-electron chi connectivity index (χ0n) is 17.3. The van der Waals surface area contributed by atoms with Gasteiger partial charge in [0.05, 0.1) is 5.56 Å². The van der Waals surface area contributed by atoms with Crippen molar-refractivity contribution in [1.29, 1.82) is 0 Å². The van der Waals surface area contributed by atoms with Gasteiger partial charge in [-0.15, -0.1) is 0 Å². The molecular weight excluding hydrogens is 392 g/mol. The molecule has 1 aliphatic rings. The minimum Gasteiger partial charge on any atom is -0.478 e. The Bertz CT molecular complexity index is 1130. The van der Waals surface area contributed by atoms with E-state index in [4.69, 9.17) is 16.7 Å². The summed E-state index contributed by atoms with van der Waals surface area (Å²) in [4.78, 5) is 11.1. The van der Waals surface area contributed by atoms with Gasteiger partial charge < -0.3 is 5.11 Å². The van der Waals surface area contributed by atoms with Crippen LogP contribution in [0.3, 0.4) is 0 Å². The van der Waals surface area contributed by atoms with E-state index in [1.807, 2.05) is 12.1 Å². The first-order valence-corrected chi connectivity index (χ1v) is 10.6. The molecule has 3 heteroatoms. The van der Waals surface area contributed by atoms with Crippen molar-refractivity contribution in [3.63, 3.8) is 0 Å². The van der Waals surface area contributed by atoms with Crippen molar-refractivity contribution in [2.75, 3.05) is 0 Å². The van der Waals surface area contributed by atoms with Crippen LogP contribution in [-0.4, -0.2) is 11.1 Å². The number of benzene rings is 3. The van der Waals surface area contributed by atoms with Crippen LogP contribution in [0.15, 0.2) is 72.8 Å². The van der Waals surface area contributed by atoms with Crippen molar-refractivity contribution < 1.29 is 9.90 Å². The fourth-order valence-electron chi connectivity index (χ4n) is 4.19. The maximum atomic E-state index is 11.1. The topological polar surface area (TPSA) is 37.3 Å². The lowest BCUT2D eigenvalue weighted by molar-refractivity contribution is 0.0697. The number of rotatable bonds is 5. The van der Waals surface area contributed by atoms with Gasteiger partial charge in [0.25, 0.3) is 0 Å². The van der Waals surface area contributed by atoms with Gasteiger partial charge in [0.1, 0.15) is 0 Å². The Balaban J connectivity index is 1.63.